The molecule has 5 heteroatoms. The van der Waals surface area contributed by atoms with Crippen LogP contribution in [0.3, 0.4) is 0 Å². The Balaban J connectivity index is 1.92. The normalized spacial score (nSPS) is 13.1. The lowest BCUT2D eigenvalue weighted by atomic mass is 10.1. The zero-order valence-electron chi connectivity index (χ0n) is 13.7. The van der Waals surface area contributed by atoms with Crippen molar-refractivity contribution in [1.29, 1.82) is 0 Å². The largest absolute Gasteiger partial charge is 0.255 e. The molecule has 3 rings (SSSR count). The predicted octanol–water partition coefficient (Wildman–Crippen LogP) is 3.84. The van der Waals surface area contributed by atoms with Crippen LogP contribution in [-0.2, 0) is 16.4 Å². The molecule has 0 radical (unpaired) electrons. The number of fused-ring (bicyclic) bond motifs is 1. The van der Waals surface area contributed by atoms with E-state index in [4.69, 9.17) is 0 Å². The van der Waals surface area contributed by atoms with Gasteiger partial charge in [0.1, 0.15) is 4.90 Å². The summed E-state index contributed by atoms with van der Waals surface area (Å²) in [4.78, 5) is 4.44. The van der Waals surface area contributed by atoms with Gasteiger partial charge in [-0.1, -0.05) is 49.4 Å². The summed E-state index contributed by atoms with van der Waals surface area (Å²) >= 11 is 0. The van der Waals surface area contributed by atoms with Crippen LogP contribution in [0.1, 0.15) is 31.0 Å². The molecular weight excluding hydrogens is 320 g/mol. The van der Waals surface area contributed by atoms with E-state index in [1.165, 1.54) is 5.56 Å². The Labute approximate surface area is 142 Å². The Morgan fingerprint density at radius 2 is 1.75 bits per heavy atom. The Bertz CT molecular complexity index is 945. The predicted molar refractivity (Wildman–Crippen MR) is 96.3 cm³/mol. The number of aromatic nitrogens is 1. The number of para-hydroxylation sites is 1. The summed E-state index contributed by atoms with van der Waals surface area (Å²) in [5, 5.41) is 0.806. The quantitative estimate of drug-likeness (QED) is 0.768. The van der Waals surface area contributed by atoms with E-state index in [0.29, 0.717) is 5.52 Å². The third-order valence-electron chi connectivity index (χ3n) is 4.11. The summed E-state index contributed by atoms with van der Waals surface area (Å²) in [7, 11) is -3.66. The maximum Gasteiger partial charge on any atom is 0.243 e. The second-order valence-corrected chi connectivity index (χ2v) is 7.45. The molecule has 2 aromatic carbocycles. The van der Waals surface area contributed by atoms with E-state index < -0.39 is 10.0 Å². The molecule has 3 aromatic rings. The van der Waals surface area contributed by atoms with Crippen LogP contribution in [0.25, 0.3) is 10.9 Å². The van der Waals surface area contributed by atoms with Gasteiger partial charge in [0.2, 0.25) is 10.0 Å². The van der Waals surface area contributed by atoms with Crippen LogP contribution in [0.15, 0.2) is 65.7 Å². The molecule has 124 valence electrons. The van der Waals surface area contributed by atoms with Gasteiger partial charge in [-0.2, -0.15) is 0 Å². The van der Waals surface area contributed by atoms with E-state index in [9.17, 15) is 8.42 Å². The lowest BCUT2D eigenvalue weighted by molar-refractivity contribution is 0.567. The Morgan fingerprint density at radius 3 is 2.46 bits per heavy atom. The van der Waals surface area contributed by atoms with Gasteiger partial charge < -0.3 is 0 Å². The molecule has 0 fully saturated rings. The van der Waals surface area contributed by atoms with Crippen molar-refractivity contribution in [3.63, 3.8) is 0 Å². The summed E-state index contributed by atoms with van der Waals surface area (Å²) in [6.07, 6.45) is 2.57. The van der Waals surface area contributed by atoms with E-state index >= 15 is 0 Å². The minimum Gasteiger partial charge on any atom is -0.255 e. The maximum atomic E-state index is 12.8. The fourth-order valence-corrected chi connectivity index (χ4v) is 4.11. The van der Waals surface area contributed by atoms with E-state index in [2.05, 4.69) is 16.6 Å². The molecular formula is C19H20N2O2S. The summed E-state index contributed by atoms with van der Waals surface area (Å²) < 4.78 is 28.4. The fourth-order valence-electron chi connectivity index (χ4n) is 2.70. The van der Waals surface area contributed by atoms with Crippen molar-refractivity contribution in [2.75, 3.05) is 0 Å². The van der Waals surface area contributed by atoms with Gasteiger partial charge in [0, 0.05) is 17.6 Å². The number of nitrogens with one attached hydrogen (secondary N) is 1. The van der Waals surface area contributed by atoms with Crippen molar-refractivity contribution in [3.8, 4) is 0 Å². The van der Waals surface area contributed by atoms with Gasteiger partial charge >= 0.3 is 0 Å². The minimum atomic E-state index is -3.66. The molecule has 24 heavy (non-hydrogen) atoms. The summed E-state index contributed by atoms with van der Waals surface area (Å²) in [6, 6.07) is 16.5. The second kappa shape index (κ2) is 6.71. The van der Waals surface area contributed by atoms with E-state index in [1.807, 2.05) is 43.3 Å². The summed E-state index contributed by atoms with van der Waals surface area (Å²) in [5.74, 6) is 0. The molecule has 0 spiro atoms. The SMILES string of the molecule is CCc1ccc(C(C)NS(=O)(=O)c2cccc3cccnc23)cc1. The molecule has 1 N–H and O–H groups in total. The number of aryl methyl sites for hydroxylation is 1. The highest BCUT2D eigenvalue weighted by Gasteiger charge is 2.21. The molecule has 0 aliphatic carbocycles. The lowest BCUT2D eigenvalue weighted by Crippen LogP contribution is -2.27. The number of nitrogens with zero attached hydrogens (tertiary/aromatic N) is 1. The zero-order chi connectivity index (χ0) is 17.2. The number of hydrogen-bond donors (Lipinski definition) is 1. The van der Waals surface area contributed by atoms with Gasteiger partial charge in [-0.25, -0.2) is 13.1 Å². The van der Waals surface area contributed by atoms with Gasteiger partial charge in [-0.05, 0) is 36.6 Å². The van der Waals surface area contributed by atoms with Crippen molar-refractivity contribution in [1.82, 2.24) is 9.71 Å². The molecule has 0 aliphatic rings. The van der Waals surface area contributed by atoms with Crippen LogP contribution >= 0.6 is 0 Å². The van der Waals surface area contributed by atoms with Crippen LogP contribution in [0, 0.1) is 0 Å². The Hall–Kier alpha value is -2.24. The van der Waals surface area contributed by atoms with Crippen LogP contribution in [0.4, 0.5) is 0 Å². The van der Waals surface area contributed by atoms with Crippen molar-refractivity contribution in [2.45, 2.75) is 31.2 Å². The Morgan fingerprint density at radius 1 is 1.04 bits per heavy atom. The third kappa shape index (κ3) is 3.32. The number of sulfonamides is 1. The first-order chi connectivity index (χ1) is 11.5. The molecule has 1 unspecified atom stereocenters. The summed E-state index contributed by atoms with van der Waals surface area (Å²) in [6.45, 7) is 3.94. The first kappa shape index (κ1) is 16.6. The second-order valence-electron chi connectivity index (χ2n) is 5.77. The topological polar surface area (TPSA) is 59.1 Å². The first-order valence-electron chi connectivity index (χ1n) is 7.96. The molecule has 0 bridgehead atoms. The highest BCUT2D eigenvalue weighted by Crippen LogP contribution is 2.23. The van der Waals surface area contributed by atoms with Crippen molar-refractivity contribution < 1.29 is 8.42 Å². The van der Waals surface area contributed by atoms with Crippen LogP contribution in [0.5, 0.6) is 0 Å². The van der Waals surface area contributed by atoms with Crippen LogP contribution in [-0.4, -0.2) is 13.4 Å². The monoisotopic (exact) mass is 340 g/mol. The third-order valence-corrected chi connectivity index (χ3v) is 5.68. The van der Waals surface area contributed by atoms with Gasteiger partial charge in [-0.15, -0.1) is 0 Å². The van der Waals surface area contributed by atoms with Crippen LogP contribution in [0.2, 0.25) is 0 Å². The molecule has 0 aliphatic heterocycles. The first-order valence-corrected chi connectivity index (χ1v) is 9.44. The highest BCUT2D eigenvalue weighted by molar-refractivity contribution is 7.89. The maximum absolute atomic E-state index is 12.8. The standard InChI is InChI=1S/C19H20N2O2S/c1-3-15-9-11-16(12-10-15)14(2)21-24(22,23)18-8-4-6-17-7-5-13-20-19(17)18/h4-14,21H,3H2,1-2H3. The molecule has 1 heterocycles. The van der Waals surface area contributed by atoms with E-state index in [1.54, 1.807) is 24.4 Å². The minimum absolute atomic E-state index is 0.206. The van der Waals surface area contributed by atoms with E-state index in [-0.39, 0.29) is 10.9 Å². The molecule has 0 saturated heterocycles. The molecule has 0 saturated carbocycles. The lowest BCUT2D eigenvalue weighted by Gasteiger charge is -2.16. The number of rotatable bonds is 5. The average Bonchev–Trinajstić information content (AvgIpc) is 2.61. The number of pyridine rings is 1. The molecule has 1 aromatic heterocycles. The van der Waals surface area contributed by atoms with Gasteiger partial charge in [0.15, 0.2) is 0 Å². The van der Waals surface area contributed by atoms with Crippen LogP contribution < -0.4 is 4.72 Å². The number of benzene rings is 2. The molecule has 4 nitrogen and oxygen atoms in total. The van der Waals surface area contributed by atoms with Crippen molar-refractivity contribution >= 4 is 20.9 Å². The molecule has 1 atom stereocenters. The van der Waals surface area contributed by atoms with Gasteiger partial charge in [0.25, 0.3) is 0 Å². The molecule has 0 amide bonds. The van der Waals surface area contributed by atoms with E-state index in [0.717, 1.165) is 17.4 Å². The summed E-state index contributed by atoms with van der Waals surface area (Å²) in [5.41, 5.74) is 2.65. The van der Waals surface area contributed by atoms with Crippen molar-refractivity contribution in [2.24, 2.45) is 0 Å². The van der Waals surface area contributed by atoms with Gasteiger partial charge in [-0.3, -0.25) is 4.98 Å². The Kier molecular flexibility index (Phi) is 4.64. The average molecular weight is 340 g/mol. The highest BCUT2D eigenvalue weighted by atomic mass is 32.2. The van der Waals surface area contributed by atoms with Crippen molar-refractivity contribution in [3.05, 3.63) is 71.9 Å². The fraction of sp³-hybridized carbons (Fsp3) is 0.211. The van der Waals surface area contributed by atoms with Gasteiger partial charge in [0.05, 0.1) is 5.52 Å². The zero-order valence-corrected chi connectivity index (χ0v) is 14.5. The number of hydrogen-bond acceptors (Lipinski definition) is 3. The smallest absolute Gasteiger partial charge is 0.243 e.